The van der Waals surface area contributed by atoms with Crippen molar-refractivity contribution in [2.45, 2.75) is 39.7 Å². The van der Waals surface area contributed by atoms with Crippen molar-refractivity contribution in [2.24, 2.45) is 5.92 Å². The molecule has 17 heavy (non-hydrogen) atoms. The second kappa shape index (κ2) is 7.46. The van der Waals surface area contributed by atoms with Crippen molar-refractivity contribution in [3.63, 3.8) is 0 Å². The van der Waals surface area contributed by atoms with Crippen LogP contribution < -0.4 is 5.32 Å². The van der Waals surface area contributed by atoms with Crippen LogP contribution in [-0.4, -0.2) is 18.2 Å². The first-order chi connectivity index (χ1) is 8.13. The highest BCUT2D eigenvalue weighted by atomic mass is 16.3. The molecule has 0 saturated carbocycles. The lowest BCUT2D eigenvalue weighted by atomic mass is 10.0. The Kier molecular flexibility index (Phi) is 6.23. The van der Waals surface area contributed by atoms with E-state index < -0.39 is 6.10 Å². The normalized spacial score (nSPS) is 13.0. The molecule has 0 aliphatic carbocycles. The molecular weight excluding hydrogens is 210 g/mol. The highest BCUT2D eigenvalue weighted by Crippen LogP contribution is 2.14. The van der Waals surface area contributed by atoms with E-state index in [1.807, 2.05) is 12.1 Å². The van der Waals surface area contributed by atoms with Gasteiger partial charge in [0.1, 0.15) is 0 Å². The van der Waals surface area contributed by atoms with Crippen LogP contribution in [0.25, 0.3) is 0 Å². The second-order valence-electron chi connectivity index (χ2n) is 5.06. The van der Waals surface area contributed by atoms with Crippen molar-refractivity contribution in [1.29, 1.82) is 0 Å². The molecule has 0 amide bonds. The molecule has 0 spiro atoms. The second-order valence-corrected chi connectivity index (χ2v) is 5.06. The average Bonchev–Trinajstić information content (AvgIpc) is 2.30. The maximum atomic E-state index is 9.99. The third-order valence-corrected chi connectivity index (χ3v) is 2.79. The highest BCUT2D eigenvalue weighted by molar-refractivity contribution is 5.24. The molecule has 0 saturated heterocycles. The van der Waals surface area contributed by atoms with E-state index in [0.29, 0.717) is 12.5 Å². The third kappa shape index (κ3) is 5.33. The molecule has 0 aliphatic rings. The summed E-state index contributed by atoms with van der Waals surface area (Å²) < 4.78 is 0. The van der Waals surface area contributed by atoms with Gasteiger partial charge in [0.05, 0.1) is 6.10 Å². The van der Waals surface area contributed by atoms with Crippen molar-refractivity contribution < 1.29 is 5.11 Å². The first-order valence-corrected chi connectivity index (χ1v) is 6.61. The van der Waals surface area contributed by atoms with Crippen LogP contribution in [0.2, 0.25) is 0 Å². The number of aliphatic hydroxyl groups excluding tert-OH is 1. The van der Waals surface area contributed by atoms with Crippen LogP contribution in [-0.2, 0) is 6.42 Å². The molecule has 1 rings (SSSR count). The Hall–Kier alpha value is -0.860. The summed E-state index contributed by atoms with van der Waals surface area (Å²) in [5.74, 6) is 0.620. The van der Waals surface area contributed by atoms with Crippen LogP contribution in [0.4, 0.5) is 0 Å². The first kappa shape index (κ1) is 14.2. The van der Waals surface area contributed by atoms with Crippen LogP contribution in [0, 0.1) is 5.92 Å². The number of nitrogens with one attached hydrogen (secondary N) is 1. The van der Waals surface area contributed by atoms with Crippen LogP contribution in [0.15, 0.2) is 24.3 Å². The van der Waals surface area contributed by atoms with Crippen molar-refractivity contribution in [2.75, 3.05) is 13.1 Å². The van der Waals surface area contributed by atoms with Gasteiger partial charge in [-0.15, -0.1) is 0 Å². The smallest absolute Gasteiger partial charge is 0.0914 e. The van der Waals surface area contributed by atoms with Gasteiger partial charge >= 0.3 is 0 Å². The van der Waals surface area contributed by atoms with E-state index >= 15 is 0 Å². The zero-order valence-corrected chi connectivity index (χ0v) is 11.2. The molecule has 96 valence electrons. The molecule has 0 aliphatic heterocycles. The zero-order valence-electron chi connectivity index (χ0n) is 11.2. The first-order valence-electron chi connectivity index (χ1n) is 6.61. The van der Waals surface area contributed by atoms with Crippen LogP contribution >= 0.6 is 0 Å². The van der Waals surface area contributed by atoms with Crippen molar-refractivity contribution in [1.82, 2.24) is 5.32 Å². The number of hydrogen-bond donors (Lipinski definition) is 2. The minimum atomic E-state index is -0.399. The Balaban J connectivity index is 2.43. The minimum absolute atomic E-state index is 0.399. The topological polar surface area (TPSA) is 32.3 Å². The van der Waals surface area contributed by atoms with Crippen molar-refractivity contribution in [3.8, 4) is 0 Å². The fourth-order valence-corrected chi connectivity index (χ4v) is 1.82. The fourth-order valence-electron chi connectivity index (χ4n) is 1.82. The van der Waals surface area contributed by atoms with Gasteiger partial charge in [0.25, 0.3) is 0 Å². The lowest BCUT2D eigenvalue weighted by Crippen LogP contribution is -2.25. The summed E-state index contributed by atoms with van der Waals surface area (Å²) in [4.78, 5) is 0. The Bertz CT molecular complexity index is 305. The standard InChI is InChI=1S/C15H25NO/c1-4-5-13-6-8-14(9-7-13)15(17)11-16-10-12(2)3/h6-9,12,15-17H,4-5,10-11H2,1-3H3. The summed E-state index contributed by atoms with van der Waals surface area (Å²) in [6.07, 6.45) is 1.88. The number of rotatable bonds is 7. The van der Waals surface area contributed by atoms with Gasteiger partial charge < -0.3 is 10.4 Å². The molecule has 2 N–H and O–H groups in total. The molecule has 0 fully saturated rings. The van der Waals surface area contributed by atoms with Gasteiger partial charge in [0.2, 0.25) is 0 Å². The molecule has 1 unspecified atom stereocenters. The summed E-state index contributed by atoms with van der Waals surface area (Å²) in [5, 5.41) is 13.3. The predicted molar refractivity (Wildman–Crippen MR) is 73.1 cm³/mol. The minimum Gasteiger partial charge on any atom is -0.387 e. The van der Waals surface area contributed by atoms with E-state index in [9.17, 15) is 5.11 Å². The van der Waals surface area contributed by atoms with Gasteiger partial charge in [-0.2, -0.15) is 0 Å². The van der Waals surface area contributed by atoms with Gasteiger partial charge in [0.15, 0.2) is 0 Å². The van der Waals surface area contributed by atoms with Gasteiger partial charge in [-0.25, -0.2) is 0 Å². The molecule has 0 radical (unpaired) electrons. The Morgan fingerprint density at radius 2 is 1.76 bits per heavy atom. The monoisotopic (exact) mass is 235 g/mol. The lowest BCUT2D eigenvalue weighted by molar-refractivity contribution is 0.173. The van der Waals surface area contributed by atoms with E-state index in [0.717, 1.165) is 24.9 Å². The molecule has 1 atom stereocenters. The fraction of sp³-hybridized carbons (Fsp3) is 0.600. The van der Waals surface area contributed by atoms with E-state index in [4.69, 9.17) is 0 Å². The van der Waals surface area contributed by atoms with Crippen LogP contribution in [0.3, 0.4) is 0 Å². The van der Waals surface area contributed by atoms with E-state index in [1.165, 1.54) is 5.56 Å². The summed E-state index contributed by atoms with van der Waals surface area (Å²) in [6.45, 7) is 8.09. The molecule has 1 aromatic rings. The van der Waals surface area contributed by atoms with E-state index in [1.54, 1.807) is 0 Å². The molecule has 0 heterocycles. The number of benzene rings is 1. The number of aliphatic hydroxyl groups is 1. The summed E-state index contributed by atoms with van der Waals surface area (Å²) in [6, 6.07) is 8.30. The van der Waals surface area contributed by atoms with Crippen molar-refractivity contribution >= 4 is 0 Å². The summed E-state index contributed by atoms with van der Waals surface area (Å²) >= 11 is 0. The molecule has 2 nitrogen and oxygen atoms in total. The molecule has 0 aromatic heterocycles. The lowest BCUT2D eigenvalue weighted by Gasteiger charge is -2.14. The van der Waals surface area contributed by atoms with E-state index in [-0.39, 0.29) is 0 Å². The summed E-state index contributed by atoms with van der Waals surface area (Å²) in [7, 11) is 0. The van der Waals surface area contributed by atoms with Gasteiger partial charge in [0, 0.05) is 6.54 Å². The van der Waals surface area contributed by atoms with E-state index in [2.05, 4.69) is 38.2 Å². The average molecular weight is 235 g/mol. The number of hydrogen-bond acceptors (Lipinski definition) is 2. The predicted octanol–water partition coefficient (Wildman–Crippen LogP) is 2.92. The Morgan fingerprint density at radius 3 is 2.29 bits per heavy atom. The molecular formula is C15H25NO. The Labute approximate surface area is 105 Å². The van der Waals surface area contributed by atoms with Crippen LogP contribution in [0.1, 0.15) is 44.4 Å². The van der Waals surface area contributed by atoms with Crippen LogP contribution in [0.5, 0.6) is 0 Å². The Morgan fingerprint density at radius 1 is 1.12 bits per heavy atom. The maximum Gasteiger partial charge on any atom is 0.0914 e. The zero-order chi connectivity index (χ0) is 12.7. The maximum absolute atomic E-state index is 9.99. The van der Waals surface area contributed by atoms with Crippen molar-refractivity contribution in [3.05, 3.63) is 35.4 Å². The summed E-state index contributed by atoms with van der Waals surface area (Å²) in [5.41, 5.74) is 2.35. The highest BCUT2D eigenvalue weighted by Gasteiger charge is 2.06. The third-order valence-electron chi connectivity index (χ3n) is 2.79. The van der Waals surface area contributed by atoms with Gasteiger partial charge in [-0.1, -0.05) is 51.5 Å². The van der Waals surface area contributed by atoms with Gasteiger partial charge in [-0.3, -0.25) is 0 Å². The van der Waals surface area contributed by atoms with Gasteiger partial charge in [-0.05, 0) is 30.0 Å². The molecule has 2 heteroatoms. The molecule has 0 bridgehead atoms. The number of aryl methyl sites for hydroxylation is 1. The molecule has 1 aromatic carbocycles. The quantitative estimate of drug-likeness (QED) is 0.761. The SMILES string of the molecule is CCCc1ccc(C(O)CNCC(C)C)cc1. The largest absolute Gasteiger partial charge is 0.387 e.